The first-order chi connectivity index (χ1) is 12.8. The number of nitrogens with zero attached hydrogens (tertiary/aromatic N) is 5. The van der Waals surface area contributed by atoms with E-state index in [0.29, 0.717) is 28.1 Å². The Morgan fingerprint density at radius 1 is 1.19 bits per heavy atom. The lowest BCUT2D eigenvalue weighted by atomic mass is 9.99. The lowest BCUT2D eigenvalue weighted by Crippen LogP contribution is -2.35. The number of aromatic amines is 1. The molecule has 0 saturated carbocycles. The number of piperidine rings is 1. The van der Waals surface area contributed by atoms with Crippen LogP contribution in [0.15, 0.2) is 29.1 Å². The Labute approximate surface area is 162 Å². The van der Waals surface area contributed by atoms with E-state index in [9.17, 15) is 0 Å². The lowest BCUT2D eigenvalue weighted by molar-refractivity contribution is 0.503. The minimum Gasteiger partial charge on any atom is -0.342 e. The summed E-state index contributed by atoms with van der Waals surface area (Å²) in [4.78, 5) is 24.8. The molecule has 132 valence electrons. The molecule has 9 heteroatoms. The molecule has 1 aliphatic rings. The van der Waals surface area contributed by atoms with Gasteiger partial charge in [0.25, 0.3) is 0 Å². The molecule has 1 N–H and O–H groups in total. The van der Waals surface area contributed by atoms with Crippen LogP contribution in [-0.4, -0.2) is 38.0 Å². The number of rotatable bonds is 3. The Kier molecular flexibility index (Phi) is 4.11. The van der Waals surface area contributed by atoms with Gasteiger partial charge in [-0.1, -0.05) is 17.7 Å². The van der Waals surface area contributed by atoms with E-state index in [2.05, 4.69) is 29.8 Å². The molecule has 1 unspecified atom stereocenters. The number of aromatic nitrogens is 5. The van der Waals surface area contributed by atoms with Crippen molar-refractivity contribution in [1.82, 2.24) is 24.9 Å². The molecule has 0 aromatic carbocycles. The van der Waals surface area contributed by atoms with E-state index in [1.807, 2.05) is 29.1 Å². The molecule has 4 aromatic rings. The SMILES string of the molecule is Clc1nc(-c2cccs2)nc2[nH]c(N3CCCC(c4nccs4)C3)nc12. The summed E-state index contributed by atoms with van der Waals surface area (Å²) >= 11 is 9.70. The van der Waals surface area contributed by atoms with Crippen molar-refractivity contribution in [2.24, 2.45) is 0 Å². The molecule has 0 aliphatic carbocycles. The number of thiophene rings is 1. The van der Waals surface area contributed by atoms with Crippen LogP contribution in [0, 0.1) is 0 Å². The molecule has 5 rings (SSSR count). The third-order valence-electron chi connectivity index (χ3n) is 4.55. The molecule has 0 spiro atoms. The summed E-state index contributed by atoms with van der Waals surface area (Å²) in [6.07, 6.45) is 4.15. The number of nitrogens with one attached hydrogen (secondary N) is 1. The number of H-pyrrole nitrogens is 1. The average molecular weight is 403 g/mol. The van der Waals surface area contributed by atoms with E-state index in [1.165, 1.54) is 5.01 Å². The number of imidazole rings is 1. The fourth-order valence-electron chi connectivity index (χ4n) is 3.33. The minimum atomic E-state index is 0.384. The van der Waals surface area contributed by atoms with Crippen molar-refractivity contribution in [3.05, 3.63) is 39.3 Å². The number of thiazole rings is 1. The molecule has 0 bridgehead atoms. The van der Waals surface area contributed by atoms with Gasteiger partial charge in [-0.05, 0) is 24.3 Å². The van der Waals surface area contributed by atoms with E-state index in [-0.39, 0.29) is 0 Å². The fraction of sp³-hybridized carbons (Fsp3) is 0.294. The highest BCUT2D eigenvalue weighted by Gasteiger charge is 2.25. The maximum Gasteiger partial charge on any atom is 0.205 e. The van der Waals surface area contributed by atoms with E-state index < -0.39 is 0 Å². The van der Waals surface area contributed by atoms with Crippen LogP contribution in [0.25, 0.3) is 21.9 Å². The first-order valence-corrected chi connectivity index (χ1v) is 10.5. The van der Waals surface area contributed by atoms with Crippen molar-refractivity contribution in [2.45, 2.75) is 18.8 Å². The van der Waals surface area contributed by atoms with Gasteiger partial charge in [-0.15, -0.1) is 22.7 Å². The van der Waals surface area contributed by atoms with Gasteiger partial charge in [-0.25, -0.2) is 19.9 Å². The Hall–Kier alpha value is -2.03. The van der Waals surface area contributed by atoms with Crippen LogP contribution < -0.4 is 4.90 Å². The zero-order chi connectivity index (χ0) is 17.5. The predicted octanol–water partition coefficient (Wildman–Crippen LogP) is 4.58. The molecule has 26 heavy (non-hydrogen) atoms. The van der Waals surface area contributed by atoms with Gasteiger partial charge in [0, 0.05) is 30.6 Å². The quantitative estimate of drug-likeness (QED) is 0.508. The van der Waals surface area contributed by atoms with Crippen LogP contribution in [0.2, 0.25) is 5.15 Å². The monoisotopic (exact) mass is 402 g/mol. The Morgan fingerprint density at radius 3 is 2.96 bits per heavy atom. The van der Waals surface area contributed by atoms with Crippen molar-refractivity contribution in [3.63, 3.8) is 0 Å². The highest BCUT2D eigenvalue weighted by Crippen LogP contribution is 2.32. The lowest BCUT2D eigenvalue weighted by Gasteiger charge is -2.31. The number of anilines is 1. The summed E-state index contributed by atoms with van der Waals surface area (Å²) in [6.45, 7) is 1.86. The first kappa shape index (κ1) is 16.2. The summed E-state index contributed by atoms with van der Waals surface area (Å²) in [5.41, 5.74) is 1.30. The van der Waals surface area contributed by atoms with Crippen LogP contribution in [0.3, 0.4) is 0 Å². The Morgan fingerprint density at radius 2 is 2.15 bits per heavy atom. The van der Waals surface area contributed by atoms with Crippen LogP contribution in [-0.2, 0) is 0 Å². The maximum atomic E-state index is 6.39. The summed E-state index contributed by atoms with van der Waals surface area (Å²) in [5.74, 6) is 1.88. The number of hydrogen-bond acceptors (Lipinski definition) is 7. The summed E-state index contributed by atoms with van der Waals surface area (Å²) in [7, 11) is 0. The molecule has 1 fully saturated rings. The Balaban J connectivity index is 1.48. The molecule has 5 heterocycles. The van der Waals surface area contributed by atoms with Gasteiger partial charge in [0.05, 0.1) is 9.88 Å². The zero-order valence-electron chi connectivity index (χ0n) is 13.7. The van der Waals surface area contributed by atoms with Crippen molar-refractivity contribution >= 4 is 51.4 Å². The maximum absolute atomic E-state index is 6.39. The second-order valence-electron chi connectivity index (χ2n) is 6.23. The Bertz CT molecular complexity index is 1030. The van der Waals surface area contributed by atoms with Crippen molar-refractivity contribution in [3.8, 4) is 10.7 Å². The first-order valence-electron chi connectivity index (χ1n) is 8.39. The van der Waals surface area contributed by atoms with E-state index in [1.54, 1.807) is 22.7 Å². The fourth-order valence-corrected chi connectivity index (χ4v) is 4.96. The standard InChI is InChI=1S/C17H15ClN6S2/c18-13-12-15(22-14(21-13)11-4-2-7-25-11)23-17(20-12)24-6-1-3-10(9-24)16-19-5-8-26-16/h2,4-5,7-8,10H,1,3,6,9H2,(H,20,21,22,23). The van der Waals surface area contributed by atoms with Crippen LogP contribution >= 0.6 is 34.3 Å². The number of halogens is 1. The molecule has 1 atom stereocenters. The average Bonchev–Trinajstić information content (AvgIpc) is 3.42. The number of fused-ring (bicyclic) bond motifs is 1. The van der Waals surface area contributed by atoms with Gasteiger partial charge in [0.15, 0.2) is 16.6 Å². The second kappa shape index (κ2) is 6.61. The molecule has 6 nitrogen and oxygen atoms in total. The second-order valence-corrected chi connectivity index (χ2v) is 8.46. The molecule has 1 saturated heterocycles. The third-order valence-corrected chi connectivity index (χ3v) is 6.62. The number of hydrogen-bond donors (Lipinski definition) is 1. The van der Waals surface area contributed by atoms with Crippen molar-refractivity contribution in [2.75, 3.05) is 18.0 Å². The van der Waals surface area contributed by atoms with Crippen molar-refractivity contribution in [1.29, 1.82) is 0 Å². The summed E-state index contributed by atoms with van der Waals surface area (Å²) in [6, 6.07) is 3.97. The van der Waals surface area contributed by atoms with Gasteiger partial charge in [-0.3, -0.25) is 0 Å². The minimum absolute atomic E-state index is 0.384. The van der Waals surface area contributed by atoms with E-state index in [4.69, 9.17) is 11.6 Å². The predicted molar refractivity (Wildman–Crippen MR) is 106 cm³/mol. The molecule has 0 amide bonds. The highest BCUT2D eigenvalue weighted by atomic mass is 35.5. The topological polar surface area (TPSA) is 70.6 Å². The van der Waals surface area contributed by atoms with Gasteiger partial charge in [0.1, 0.15) is 5.52 Å². The van der Waals surface area contributed by atoms with Crippen LogP contribution in [0.5, 0.6) is 0 Å². The van der Waals surface area contributed by atoms with Gasteiger partial charge in [-0.2, -0.15) is 0 Å². The summed E-state index contributed by atoms with van der Waals surface area (Å²) in [5, 5.41) is 5.62. The van der Waals surface area contributed by atoms with E-state index >= 15 is 0 Å². The van der Waals surface area contributed by atoms with Crippen LogP contribution in [0.1, 0.15) is 23.8 Å². The van der Waals surface area contributed by atoms with Crippen LogP contribution in [0.4, 0.5) is 5.95 Å². The highest BCUT2D eigenvalue weighted by molar-refractivity contribution is 7.13. The normalized spacial score (nSPS) is 17.9. The zero-order valence-corrected chi connectivity index (χ0v) is 16.1. The van der Waals surface area contributed by atoms with Crippen molar-refractivity contribution < 1.29 is 0 Å². The summed E-state index contributed by atoms with van der Waals surface area (Å²) < 4.78 is 0. The molecular weight excluding hydrogens is 388 g/mol. The molecule has 4 aromatic heterocycles. The third kappa shape index (κ3) is 2.87. The molecule has 0 radical (unpaired) electrons. The van der Waals surface area contributed by atoms with Gasteiger partial charge in [0.2, 0.25) is 5.95 Å². The van der Waals surface area contributed by atoms with Gasteiger partial charge >= 0.3 is 0 Å². The smallest absolute Gasteiger partial charge is 0.205 e. The molecular formula is C17H15ClN6S2. The molecule has 1 aliphatic heterocycles. The largest absolute Gasteiger partial charge is 0.342 e. The van der Waals surface area contributed by atoms with E-state index in [0.717, 1.165) is 36.8 Å². The van der Waals surface area contributed by atoms with Gasteiger partial charge < -0.3 is 9.88 Å².